The first-order valence-corrected chi connectivity index (χ1v) is 8.23. The second-order valence-electron chi connectivity index (χ2n) is 5.03. The maximum absolute atomic E-state index is 12.6. The normalized spacial score (nSPS) is 20.1. The SMILES string of the molecule is NCCN(CCN)CCN1CC(CS(=O)(=O)F)CC1=O. The fraction of sp³-hybridized carbons (Fsp3) is 0.909. The van der Waals surface area contributed by atoms with Gasteiger partial charge in [-0.15, -0.1) is 3.89 Å². The largest absolute Gasteiger partial charge is 0.341 e. The summed E-state index contributed by atoms with van der Waals surface area (Å²) in [4.78, 5) is 15.4. The van der Waals surface area contributed by atoms with Crippen LogP contribution < -0.4 is 11.5 Å². The van der Waals surface area contributed by atoms with Crippen molar-refractivity contribution in [2.75, 3.05) is 51.6 Å². The number of nitrogens with zero attached hydrogens (tertiary/aromatic N) is 2. The molecular weight excluding hydrogens is 287 g/mol. The average molecular weight is 310 g/mol. The van der Waals surface area contributed by atoms with Crippen LogP contribution in [0.5, 0.6) is 0 Å². The fourth-order valence-electron chi connectivity index (χ4n) is 2.43. The summed E-state index contributed by atoms with van der Waals surface area (Å²) < 4.78 is 33.8. The van der Waals surface area contributed by atoms with Crippen LogP contribution in [0.1, 0.15) is 6.42 Å². The molecule has 20 heavy (non-hydrogen) atoms. The minimum Gasteiger partial charge on any atom is -0.341 e. The van der Waals surface area contributed by atoms with Crippen molar-refractivity contribution >= 4 is 16.1 Å². The molecule has 1 amide bonds. The third-order valence-corrected chi connectivity index (χ3v) is 4.18. The molecule has 0 spiro atoms. The Balaban J connectivity index is 2.42. The van der Waals surface area contributed by atoms with Crippen LogP contribution in [0, 0.1) is 5.92 Å². The summed E-state index contributed by atoms with van der Waals surface area (Å²) in [5, 5.41) is 0. The zero-order valence-electron chi connectivity index (χ0n) is 11.5. The first-order valence-electron chi connectivity index (χ1n) is 6.68. The molecule has 1 saturated heterocycles. The Hall–Kier alpha value is -0.770. The van der Waals surface area contributed by atoms with Crippen molar-refractivity contribution in [3.8, 4) is 0 Å². The molecule has 4 N–H and O–H groups in total. The van der Waals surface area contributed by atoms with E-state index in [0.29, 0.717) is 45.8 Å². The molecule has 0 saturated carbocycles. The van der Waals surface area contributed by atoms with Crippen LogP contribution in [-0.2, 0) is 15.0 Å². The Morgan fingerprint density at radius 2 is 1.85 bits per heavy atom. The quantitative estimate of drug-likeness (QED) is 0.494. The Labute approximate surface area is 119 Å². The molecule has 1 rings (SSSR count). The van der Waals surface area contributed by atoms with E-state index in [4.69, 9.17) is 11.5 Å². The smallest absolute Gasteiger partial charge is 0.302 e. The van der Waals surface area contributed by atoms with Crippen molar-refractivity contribution in [3.63, 3.8) is 0 Å². The molecule has 1 aliphatic heterocycles. The molecule has 1 fully saturated rings. The summed E-state index contributed by atoms with van der Waals surface area (Å²) in [6.07, 6.45) is 0.0942. The number of likely N-dealkylation sites (tertiary alicyclic amines) is 1. The minimum absolute atomic E-state index is 0.0942. The lowest BCUT2D eigenvalue weighted by Crippen LogP contribution is -2.40. The molecule has 1 atom stereocenters. The summed E-state index contributed by atoms with van der Waals surface area (Å²) in [5.74, 6) is -1.15. The zero-order chi connectivity index (χ0) is 15.2. The van der Waals surface area contributed by atoms with E-state index in [1.807, 2.05) is 4.90 Å². The number of nitrogens with two attached hydrogens (primary N) is 2. The number of hydrogen-bond acceptors (Lipinski definition) is 6. The Bertz CT molecular complexity index is 412. The molecule has 7 nitrogen and oxygen atoms in total. The zero-order valence-corrected chi connectivity index (χ0v) is 12.3. The summed E-state index contributed by atoms with van der Waals surface area (Å²) in [6.45, 7) is 3.83. The third kappa shape index (κ3) is 6.12. The number of amides is 1. The molecule has 1 unspecified atom stereocenters. The van der Waals surface area contributed by atoms with Gasteiger partial charge < -0.3 is 16.4 Å². The van der Waals surface area contributed by atoms with Crippen molar-refractivity contribution in [2.45, 2.75) is 6.42 Å². The Morgan fingerprint density at radius 3 is 2.35 bits per heavy atom. The molecule has 0 aromatic carbocycles. The standard InChI is InChI=1S/C11H23FN4O3S/c12-20(18,19)9-10-7-11(17)16(8-10)6-5-15(3-1-13)4-2-14/h10H,1-9,13-14H2. The lowest BCUT2D eigenvalue weighted by molar-refractivity contribution is -0.127. The van der Waals surface area contributed by atoms with E-state index in [-0.39, 0.29) is 12.3 Å². The first kappa shape index (κ1) is 17.3. The van der Waals surface area contributed by atoms with E-state index in [1.54, 1.807) is 4.90 Å². The summed E-state index contributed by atoms with van der Waals surface area (Å²) in [7, 11) is -4.53. The van der Waals surface area contributed by atoms with E-state index < -0.39 is 21.9 Å². The number of hydrogen-bond donors (Lipinski definition) is 2. The number of carbonyl (C=O) groups is 1. The molecule has 1 aliphatic rings. The van der Waals surface area contributed by atoms with Gasteiger partial charge in [0.1, 0.15) is 0 Å². The molecule has 118 valence electrons. The van der Waals surface area contributed by atoms with Gasteiger partial charge in [0.25, 0.3) is 0 Å². The van der Waals surface area contributed by atoms with Crippen molar-refractivity contribution in [3.05, 3.63) is 0 Å². The van der Waals surface area contributed by atoms with Crippen LogP contribution in [0.25, 0.3) is 0 Å². The second kappa shape index (κ2) is 7.87. The highest BCUT2D eigenvalue weighted by atomic mass is 32.3. The van der Waals surface area contributed by atoms with E-state index in [9.17, 15) is 17.1 Å². The van der Waals surface area contributed by atoms with Gasteiger partial charge in [0, 0.05) is 58.2 Å². The van der Waals surface area contributed by atoms with Crippen molar-refractivity contribution in [1.29, 1.82) is 0 Å². The van der Waals surface area contributed by atoms with Crippen LogP contribution >= 0.6 is 0 Å². The topological polar surface area (TPSA) is 110 Å². The molecule has 0 aliphatic carbocycles. The molecule has 0 radical (unpaired) electrons. The van der Waals surface area contributed by atoms with Gasteiger partial charge in [0.15, 0.2) is 0 Å². The Morgan fingerprint density at radius 1 is 1.25 bits per heavy atom. The fourth-order valence-corrected chi connectivity index (χ4v) is 3.21. The first-order chi connectivity index (χ1) is 9.35. The van der Waals surface area contributed by atoms with E-state index in [1.165, 1.54) is 0 Å². The van der Waals surface area contributed by atoms with Crippen molar-refractivity contribution in [2.24, 2.45) is 17.4 Å². The monoisotopic (exact) mass is 310 g/mol. The average Bonchev–Trinajstić information content (AvgIpc) is 2.64. The predicted octanol–water partition coefficient (Wildman–Crippen LogP) is -1.65. The molecule has 1 heterocycles. The second-order valence-corrected chi connectivity index (χ2v) is 6.45. The van der Waals surface area contributed by atoms with Crippen molar-refractivity contribution < 1.29 is 17.1 Å². The van der Waals surface area contributed by atoms with Gasteiger partial charge in [-0.3, -0.25) is 9.69 Å². The van der Waals surface area contributed by atoms with Crippen LogP contribution in [0.2, 0.25) is 0 Å². The Kier molecular flexibility index (Phi) is 6.80. The highest BCUT2D eigenvalue weighted by Gasteiger charge is 2.32. The lowest BCUT2D eigenvalue weighted by atomic mass is 10.1. The van der Waals surface area contributed by atoms with E-state index in [2.05, 4.69) is 0 Å². The molecular formula is C11H23FN4O3S. The van der Waals surface area contributed by atoms with Gasteiger partial charge in [-0.1, -0.05) is 0 Å². The summed E-state index contributed by atoms with van der Waals surface area (Å²) >= 11 is 0. The molecule has 0 bridgehead atoms. The number of carbonyl (C=O) groups excluding carboxylic acids is 1. The van der Waals surface area contributed by atoms with Crippen LogP contribution in [-0.4, -0.2) is 75.7 Å². The van der Waals surface area contributed by atoms with Gasteiger partial charge in [-0.05, 0) is 0 Å². The minimum atomic E-state index is -4.53. The highest BCUT2D eigenvalue weighted by molar-refractivity contribution is 7.86. The summed E-state index contributed by atoms with van der Waals surface area (Å²) in [5.41, 5.74) is 11.0. The van der Waals surface area contributed by atoms with Gasteiger partial charge in [-0.25, -0.2) is 0 Å². The van der Waals surface area contributed by atoms with E-state index >= 15 is 0 Å². The molecule has 0 aromatic heterocycles. The highest BCUT2D eigenvalue weighted by Crippen LogP contribution is 2.19. The van der Waals surface area contributed by atoms with Crippen LogP contribution in [0.3, 0.4) is 0 Å². The van der Waals surface area contributed by atoms with Crippen molar-refractivity contribution in [1.82, 2.24) is 9.80 Å². The van der Waals surface area contributed by atoms with Gasteiger partial charge in [0.2, 0.25) is 5.91 Å². The van der Waals surface area contributed by atoms with Gasteiger partial charge >= 0.3 is 10.2 Å². The van der Waals surface area contributed by atoms with Gasteiger partial charge in [-0.2, -0.15) is 8.42 Å². The van der Waals surface area contributed by atoms with Gasteiger partial charge in [0.05, 0.1) is 5.75 Å². The number of halogens is 1. The maximum Gasteiger partial charge on any atom is 0.302 e. The van der Waals surface area contributed by atoms with E-state index in [0.717, 1.165) is 0 Å². The van der Waals surface area contributed by atoms with Crippen LogP contribution in [0.15, 0.2) is 0 Å². The summed E-state index contributed by atoms with van der Waals surface area (Å²) in [6, 6.07) is 0. The third-order valence-electron chi connectivity index (χ3n) is 3.31. The molecule has 0 aromatic rings. The number of rotatable bonds is 9. The predicted molar refractivity (Wildman–Crippen MR) is 74.1 cm³/mol. The molecule has 9 heteroatoms. The van der Waals surface area contributed by atoms with Crippen LogP contribution in [0.4, 0.5) is 3.89 Å². The lowest BCUT2D eigenvalue weighted by Gasteiger charge is -2.24. The maximum atomic E-state index is 12.6.